The first kappa shape index (κ1) is 18.0. The fourth-order valence-electron chi connectivity index (χ4n) is 2.49. The highest BCUT2D eigenvalue weighted by Gasteiger charge is 2.14. The largest absolute Gasteiger partial charge is 0.492 e. The molecule has 0 fully saturated rings. The predicted molar refractivity (Wildman–Crippen MR) is 104 cm³/mol. The molecule has 0 saturated carbocycles. The molecule has 26 heavy (non-hydrogen) atoms. The van der Waals surface area contributed by atoms with Gasteiger partial charge in [-0.1, -0.05) is 37.6 Å². The highest BCUT2D eigenvalue weighted by atomic mass is 35.5. The van der Waals surface area contributed by atoms with Crippen molar-refractivity contribution >= 4 is 34.1 Å². The molecule has 1 aromatic heterocycles. The van der Waals surface area contributed by atoms with Gasteiger partial charge in [0, 0.05) is 22.8 Å². The molecule has 0 bridgehead atoms. The molecule has 6 heteroatoms. The number of benzene rings is 2. The van der Waals surface area contributed by atoms with Crippen LogP contribution < -0.4 is 15.5 Å². The monoisotopic (exact) mass is 370 g/mol. The van der Waals surface area contributed by atoms with Crippen LogP contribution in [-0.2, 0) is 0 Å². The second-order valence-corrected chi connectivity index (χ2v) is 6.79. The normalized spacial score (nSPS) is 10.9. The van der Waals surface area contributed by atoms with Gasteiger partial charge in [-0.15, -0.1) is 0 Å². The molecule has 0 unspecified atom stereocenters. The molecule has 3 rings (SSSR count). The minimum absolute atomic E-state index is 0.0416. The van der Waals surface area contributed by atoms with Gasteiger partial charge in [-0.2, -0.15) is 0 Å². The summed E-state index contributed by atoms with van der Waals surface area (Å²) in [5.74, 6) is 0.441. The van der Waals surface area contributed by atoms with Gasteiger partial charge in [0.05, 0.1) is 11.6 Å². The van der Waals surface area contributed by atoms with Crippen LogP contribution in [0, 0.1) is 5.92 Å². The van der Waals surface area contributed by atoms with Gasteiger partial charge in [-0.3, -0.25) is 9.59 Å². The summed E-state index contributed by atoms with van der Waals surface area (Å²) in [4.78, 5) is 28.0. The van der Waals surface area contributed by atoms with Crippen LogP contribution in [0.25, 0.3) is 10.9 Å². The van der Waals surface area contributed by atoms with Crippen molar-refractivity contribution in [2.75, 3.05) is 11.9 Å². The number of ether oxygens (including phenoxy) is 1. The standard InChI is InChI=1S/C20H19ClN2O3/c1-12(2)11-26-18-8-7-13(9-16(18)21)23-20(25)15-10-22-17-6-4-3-5-14(17)19(15)24/h3-10,12H,11H2,1-2H3,(H,22,24)(H,23,25). The van der Waals surface area contributed by atoms with Gasteiger partial charge in [0.2, 0.25) is 5.43 Å². The van der Waals surface area contributed by atoms with Crippen LogP contribution in [0.5, 0.6) is 5.75 Å². The molecule has 3 aromatic rings. The van der Waals surface area contributed by atoms with Gasteiger partial charge in [0.1, 0.15) is 11.3 Å². The van der Waals surface area contributed by atoms with Crippen LogP contribution in [0.4, 0.5) is 5.69 Å². The van der Waals surface area contributed by atoms with Crippen molar-refractivity contribution in [1.29, 1.82) is 0 Å². The molecule has 2 N–H and O–H groups in total. The van der Waals surface area contributed by atoms with Gasteiger partial charge < -0.3 is 15.0 Å². The van der Waals surface area contributed by atoms with Crippen molar-refractivity contribution in [2.24, 2.45) is 5.92 Å². The Kier molecular flexibility index (Phi) is 5.28. The van der Waals surface area contributed by atoms with E-state index in [0.29, 0.717) is 39.9 Å². The lowest BCUT2D eigenvalue weighted by Crippen LogP contribution is -2.21. The number of carbonyl (C=O) groups excluding carboxylic acids is 1. The number of pyridine rings is 1. The number of rotatable bonds is 5. The molecule has 134 valence electrons. The van der Waals surface area contributed by atoms with Gasteiger partial charge in [0.25, 0.3) is 5.91 Å². The lowest BCUT2D eigenvalue weighted by atomic mass is 10.1. The number of aromatic amines is 1. The topological polar surface area (TPSA) is 71.2 Å². The number of anilines is 1. The minimum Gasteiger partial charge on any atom is -0.492 e. The summed E-state index contributed by atoms with van der Waals surface area (Å²) in [5.41, 5.74) is 0.896. The number of H-pyrrole nitrogens is 1. The highest BCUT2D eigenvalue weighted by Crippen LogP contribution is 2.28. The Labute approximate surface area is 156 Å². The first-order chi connectivity index (χ1) is 12.5. The zero-order valence-electron chi connectivity index (χ0n) is 14.5. The number of fused-ring (bicyclic) bond motifs is 1. The van der Waals surface area contributed by atoms with Crippen molar-refractivity contribution in [3.8, 4) is 5.75 Å². The molecular formula is C20H19ClN2O3. The maximum Gasteiger partial charge on any atom is 0.261 e. The third-order valence-corrected chi connectivity index (χ3v) is 4.09. The molecule has 1 amide bonds. The molecule has 0 radical (unpaired) electrons. The second kappa shape index (κ2) is 7.62. The fraction of sp³-hybridized carbons (Fsp3) is 0.200. The molecule has 1 heterocycles. The Morgan fingerprint density at radius 2 is 2.00 bits per heavy atom. The van der Waals surface area contributed by atoms with Crippen LogP contribution in [0.15, 0.2) is 53.5 Å². The van der Waals surface area contributed by atoms with Gasteiger partial charge in [0.15, 0.2) is 0 Å². The average molecular weight is 371 g/mol. The van der Waals surface area contributed by atoms with Crippen LogP contribution in [-0.4, -0.2) is 17.5 Å². The number of carbonyl (C=O) groups is 1. The summed E-state index contributed by atoms with van der Waals surface area (Å²) in [5, 5.41) is 3.56. The van der Waals surface area contributed by atoms with Crippen molar-refractivity contribution < 1.29 is 9.53 Å². The van der Waals surface area contributed by atoms with E-state index in [9.17, 15) is 9.59 Å². The second-order valence-electron chi connectivity index (χ2n) is 6.38. The number of nitrogens with one attached hydrogen (secondary N) is 2. The minimum atomic E-state index is -0.496. The number of amides is 1. The predicted octanol–water partition coefficient (Wildman–Crippen LogP) is 4.47. The van der Waals surface area contributed by atoms with E-state index in [1.165, 1.54) is 6.20 Å². The third-order valence-electron chi connectivity index (χ3n) is 3.79. The molecule has 5 nitrogen and oxygen atoms in total. The summed E-state index contributed by atoms with van der Waals surface area (Å²) >= 11 is 6.21. The Bertz CT molecular complexity index is 1010. The zero-order valence-corrected chi connectivity index (χ0v) is 15.3. The summed E-state index contributed by atoms with van der Waals surface area (Å²) < 4.78 is 5.61. The number of hydrogen-bond acceptors (Lipinski definition) is 3. The molecule has 0 spiro atoms. The van der Waals surface area contributed by atoms with Crippen molar-refractivity contribution in [3.63, 3.8) is 0 Å². The molecule has 0 aliphatic rings. The lowest BCUT2D eigenvalue weighted by molar-refractivity contribution is 0.102. The summed E-state index contributed by atoms with van der Waals surface area (Å²) in [6, 6.07) is 12.0. The summed E-state index contributed by atoms with van der Waals surface area (Å²) in [6.07, 6.45) is 1.42. The highest BCUT2D eigenvalue weighted by molar-refractivity contribution is 6.32. The first-order valence-corrected chi connectivity index (χ1v) is 8.67. The van der Waals surface area contributed by atoms with Gasteiger partial charge in [-0.25, -0.2) is 0 Å². The lowest BCUT2D eigenvalue weighted by Gasteiger charge is -2.12. The number of halogens is 1. The van der Waals surface area contributed by atoms with Crippen LogP contribution in [0.2, 0.25) is 5.02 Å². The van der Waals surface area contributed by atoms with Gasteiger partial charge >= 0.3 is 0 Å². The van der Waals surface area contributed by atoms with Crippen molar-refractivity contribution in [3.05, 3.63) is 69.5 Å². The van der Waals surface area contributed by atoms with E-state index in [4.69, 9.17) is 16.3 Å². The first-order valence-electron chi connectivity index (χ1n) is 8.30. The number of hydrogen-bond donors (Lipinski definition) is 2. The smallest absolute Gasteiger partial charge is 0.261 e. The van der Waals surface area contributed by atoms with E-state index in [-0.39, 0.29) is 11.0 Å². The quantitative estimate of drug-likeness (QED) is 0.696. The zero-order chi connectivity index (χ0) is 18.7. The maximum atomic E-state index is 12.5. The molecule has 0 saturated heterocycles. The molecule has 0 aliphatic heterocycles. The van der Waals surface area contributed by atoms with E-state index >= 15 is 0 Å². The molecule has 0 atom stereocenters. The number of aromatic nitrogens is 1. The average Bonchev–Trinajstić information content (AvgIpc) is 2.61. The Morgan fingerprint density at radius 1 is 1.23 bits per heavy atom. The van der Waals surface area contributed by atoms with E-state index in [1.807, 2.05) is 19.9 Å². The van der Waals surface area contributed by atoms with Crippen LogP contribution in [0.3, 0.4) is 0 Å². The molecule has 2 aromatic carbocycles. The van der Waals surface area contributed by atoms with Crippen molar-refractivity contribution in [1.82, 2.24) is 4.98 Å². The van der Waals surface area contributed by atoms with E-state index in [2.05, 4.69) is 10.3 Å². The van der Waals surface area contributed by atoms with Crippen LogP contribution >= 0.6 is 11.6 Å². The Hall–Kier alpha value is -2.79. The van der Waals surface area contributed by atoms with E-state index in [1.54, 1.807) is 36.4 Å². The SMILES string of the molecule is CC(C)COc1ccc(NC(=O)c2c[nH]c3ccccc3c2=O)cc1Cl. The Balaban J connectivity index is 1.81. The van der Waals surface area contributed by atoms with E-state index in [0.717, 1.165) is 0 Å². The summed E-state index contributed by atoms with van der Waals surface area (Å²) in [6.45, 7) is 4.64. The summed E-state index contributed by atoms with van der Waals surface area (Å²) in [7, 11) is 0. The van der Waals surface area contributed by atoms with E-state index < -0.39 is 5.91 Å². The van der Waals surface area contributed by atoms with Crippen LogP contribution in [0.1, 0.15) is 24.2 Å². The van der Waals surface area contributed by atoms with Gasteiger partial charge in [-0.05, 0) is 36.2 Å². The maximum absolute atomic E-state index is 12.5. The fourth-order valence-corrected chi connectivity index (χ4v) is 2.72. The molecular weight excluding hydrogens is 352 g/mol. The third kappa shape index (κ3) is 3.89. The Morgan fingerprint density at radius 3 is 2.73 bits per heavy atom. The molecule has 0 aliphatic carbocycles. The number of para-hydroxylation sites is 1. The van der Waals surface area contributed by atoms with Crippen molar-refractivity contribution in [2.45, 2.75) is 13.8 Å².